The van der Waals surface area contributed by atoms with Crippen LogP contribution in [0.4, 0.5) is 20.3 Å². The van der Waals surface area contributed by atoms with E-state index in [4.69, 9.17) is 32.9 Å². The highest BCUT2D eigenvalue weighted by Crippen LogP contribution is 2.47. The molecule has 1 atom stereocenters. The number of halogens is 3. The first-order chi connectivity index (χ1) is 22.2. The Morgan fingerprint density at radius 1 is 1.13 bits per heavy atom. The van der Waals surface area contributed by atoms with E-state index < -0.39 is 23.6 Å². The van der Waals surface area contributed by atoms with Crippen molar-refractivity contribution in [1.82, 2.24) is 19.8 Å². The second-order valence-corrected chi connectivity index (χ2v) is 13.3. The lowest BCUT2D eigenvalue weighted by Crippen LogP contribution is -2.57. The smallest absolute Gasteiger partial charge is 0.318 e. The molecule has 4 heterocycles. The van der Waals surface area contributed by atoms with Crippen molar-refractivity contribution in [2.24, 2.45) is 5.41 Å². The minimum atomic E-state index is -1.03. The number of benzene rings is 2. The minimum absolute atomic E-state index is 0. The quantitative estimate of drug-likeness (QED) is 0.222. The van der Waals surface area contributed by atoms with Gasteiger partial charge in [-0.15, -0.1) is 0 Å². The molecule has 7 rings (SSSR count). The lowest BCUT2D eigenvalue weighted by molar-refractivity contribution is -0.131. The van der Waals surface area contributed by atoms with Crippen LogP contribution in [0.3, 0.4) is 0 Å². The molecule has 3 aliphatic heterocycles. The molecule has 2 aromatic carbocycles. The molecule has 2 saturated heterocycles. The van der Waals surface area contributed by atoms with Crippen LogP contribution in [0.2, 0.25) is 5.02 Å². The molecule has 0 N–H and O–H groups in total. The predicted octanol–water partition coefficient (Wildman–Crippen LogP) is 5.38. The number of rotatable bonds is 9. The van der Waals surface area contributed by atoms with Crippen molar-refractivity contribution in [2.75, 3.05) is 68.8 Å². The summed E-state index contributed by atoms with van der Waals surface area (Å²) in [5.41, 5.74) is 2.73. The van der Waals surface area contributed by atoms with Gasteiger partial charge in [-0.2, -0.15) is 23.5 Å². The first kappa shape index (κ1) is 33.2. The number of ether oxygens (including phenoxy) is 1. The highest BCUT2D eigenvalue weighted by atomic mass is 35.5. The third-order valence-electron chi connectivity index (χ3n) is 9.83. The maximum Gasteiger partial charge on any atom is 0.318 e. The molecule has 1 aliphatic carbocycles. The van der Waals surface area contributed by atoms with Crippen LogP contribution in [0.15, 0.2) is 42.7 Å². The number of carbonyl (C=O) groups excluding carboxylic acids is 1. The standard InChI is InChI=1S/C34H36ClF2N7O2.H2S/c1-22(36)32(45)44-16-15-43(18-24(44)17-38-2)31-25-9-14-42(28-6-3-5-23-7-8-26(37)30(35)29(23)28)19-27(25)39-33(40-31)46-21-34(10-11-34)20-41-12-4-13-41;/h3,5-8,24H,1,4,9-21H2;1H2/t24-;/m0./s1. The Labute approximate surface area is 285 Å². The van der Waals surface area contributed by atoms with E-state index in [1.54, 1.807) is 6.07 Å². The molecule has 47 heavy (non-hydrogen) atoms. The zero-order valence-corrected chi connectivity index (χ0v) is 27.9. The van der Waals surface area contributed by atoms with E-state index in [9.17, 15) is 13.6 Å². The van der Waals surface area contributed by atoms with Crippen LogP contribution >= 0.6 is 25.1 Å². The number of carbonyl (C=O) groups is 1. The van der Waals surface area contributed by atoms with Crippen molar-refractivity contribution in [3.63, 3.8) is 0 Å². The zero-order chi connectivity index (χ0) is 32.0. The van der Waals surface area contributed by atoms with Gasteiger partial charge in [0.25, 0.3) is 5.91 Å². The fourth-order valence-electron chi connectivity index (χ4n) is 6.96. The number of hydrogen-bond acceptors (Lipinski definition) is 7. The monoisotopic (exact) mass is 681 g/mol. The lowest BCUT2D eigenvalue weighted by Gasteiger charge is -2.41. The lowest BCUT2D eigenvalue weighted by atomic mass is 10.0. The normalized spacial score (nSPS) is 20.1. The molecule has 248 valence electrons. The highest BCUT2D eigenvalue weighted by molar-refractivity contribution is 7.59. The van der Waals surface area contributed by atoms with Crippen molar-refractivity contribution in [2.45, 2.75) is 38.3 Å². The summed E-state index contributed by atoms with van der Waals surface area (Å²) in [5.74, 6) is -1.55. The van der Waals surface area contributed by atoms with E-state index in [0.717, 1.165) is 60.6 Å². The van der Waals surface area contributed by atoms with E-state index in [1.807, 2.05) is 18.2 Å². The maximum absolute atomic E-state index is 14.6. The van der Waals surface area contributed by atoms with Crippen LogP contribution in [0.5, 0.6) is 6.01 Å². The van der Waals surface area contributed by atoms with Crippen molar-refractivity contribution >= 4 is 53.3 Å². The van der Waals surface area contributed by atoms with Gasteiger partial charge >= 0.3 is 6.01 Å². The number of aromatic nitrogens is 2. The summed E-state index contributed by atoms with van der Waals surface area (Å²) in [6, 6.07) is 8.72. The minimum Gasteiger partial charge on any atom is -0.463 e. The van der Waals surface area contributed by atoms with Gasteiger partial charge in [0.1, 0.15) is 17.7 Å². The molecule has 1 saturated carbocycles. The third kappa shape index (κ3) is 6.58. The van der Waals surface area contributed by atoms with Gasteiger partial charge in [-0.1, -0.05) is 36.4 Å². The molecule has 1 amide bonds. The van der Waals surface area contributed by atoms with Gasteiger partial charge in [-0.05, 0) is 56.3 Å². The first-order valence-electron chi connectivity index (χ1n) is 15.9. The van der Waals surface area contributed by atoms with Crippen LogP contribution in [-0.4, -0.2) is 90.7 Å². The molecule has 3 fully saturated rings. The molecule has 13 heteroatoms. The van der Waals surface area contributed by atoms with Crippen molar-refractivity contribution in [3.8, 4) is 6.01 Å². The Hall–Kier alpha value is -3.66. The summed E-state index contributed by atoms with van der Waals surface area (Å²) >= 11 is 6.50. The number of piperazine rings is 1. The molecular formula is C34H38ClF2N7O2S. The summed E-state index contributed by atoms with van der Waals surface area (Å²) in [5, 5.41) is 1.61. The molecule has 0 bridgehead atoms. The topological polar surface area (TPSA) is 69.4 Å². The van der Waals surface area contributed by atoms with Crippen molar-refractivity contribution in [3.05, 3.63) is 76.3 Å². The largest absolute Gasteiger partial charge is 0.463 e. The number of anilines is 2. The van der Waals surface area contributed by atoms with Crippen LogP contribution in [0.1, 0.15) is 30.5 Å². The van der Waals surface area contributed by atoms with E-state index in [-0.39, 0.29) is 37.0 Å². The van der Waals surface area contributed by atoms with Crippen LogP contribution in [-0.2, 0) is 17.8 Å². The molecule has 9 nitrogen and oxygen atoms in total. The van der Waals surface area contributed by atoms with E-state index >= 15 is 0 Å². The predicted molar refractivity (Wildman–Crippen MR) is 184 cm³/mol. The second-order valence-electron chi connectivity index (χ2n) is 12.9. The van der Waals surface area contributed by atoms with E-state index in [0.29, 0.717) is 50.6 Å². The Kier molecular flexibility index (Phi) is 9.52. The van der Waals surface area contributed by atoms with Gasteiger partial charge in [-0.25, -0.2) is 15.4 Å². The second kappa shape index (κ2) is 13.5. The van der Waals surface area contributed by atoms with Gasteiger partial charge in [-0.3, -0.25) is 4.79 Å². The third-order valence-corrected chi connectivity index (χ3v) is 10.2. The Balaban J connectivity index is 0.00000386. The summed E-state index contributed by atoms with van der Waals surface area (Å²) in [4.78, 5) is 34.1. The molecular weight excluding hydrogens is 644 g/mol. The number of fused-ring (bicyclic) bond motifs is 2. The molecule has 0 unspecified atom stereocenters. The van der Waals surface area contributed by atoms with Gasteiger partial charge < -0.3 is 29.2 Å². The molecule has 3 aromatic rings. The molecule has 1 aromatic heterocycles. The van der Waals surface area contributed by atoms with Gasteiger partial charge in [0.05, 0.1) is 23.9 Å². The molecule has 4 aliphatic rings. The average Bonchev–Trinajstić information content (AvgIpc) is 3.82. The van der Waals surface area contributed by atoms with Gasteiger partial charge in [0.2, 0.25) is 6.54 Å². The van der Waals surface area contributed by atoms with Crippen molar-refractivity contribution < 1.29 is 18.3 Å². The zero-order valence-electron chi connectivity index (χ0n) is 26.2. The molecule has 0 radical (unpaired) electrons. The number of nitrogens with zero attached hydrogens (tertiary/aromatic N) is 7. The summed E-state index contributed by atoms with van der Waals surface area (Å²) < 4.78 is 34.8. The summed E-state index contributed by atoms with van der Waals surface area (Å²) in [7, 11) is 0. The summed E-state index contributed by atoms with van der Waals surface area (Å²) in [6.07, 6.45) is 4.08. The Morgan fingerprint density at radius 3 is 2.64 bits per heavy atom. The SMILES string of the molecule is S.[C-]#[N+]C[C@H]1CN(c2nc(OCC3(CN4CCC4)CC3)nc3c2CCN(c2cccc4ccc(F)c(Cl)c24)C3)CCN1C(=O)C(=C)F. The van der Waals surface area contributed by atoms with E-state index in [1.165, 1.54) is 17.4 Å². The molecule has 0 spiro atoms. The van der Waals surface area contributed by atoms with Gasteiger partial charge in [0.15, 0.2) is 5.83 Å². The summed E-state index contributed by atoms with van der Waals surface area (Å²) in [6.45, 7) is 16.6. The fraction of sp³-hybridized carbons (Fsp3) is 0.471. The Morgan fingerprint density at radius 2 is 1.94 bits per heavy atom. The van der Waals surface area contributed by atoms with E-state index in [2.05, 4.69) is 26.1 Å². The maximum atomic E-state index is 14.6. The van der Waals surface area contributed by atoms with Crippen LogP contribution in [0.25, 0.3) is 15.6 Å². The number of hydrogen-bond donors (Lipinski definition) is 0. The number of amides is 1. The Bertz CT molecular complexity index is 1750. The fourth-order valence-corrected chi connectivity index (χ4v) is 7.23. The number of likely N-dealkylation sites (tertiary alicyclic amines) is 1. The highest BCUT2D eigenvalue weighted by Gasteiger charge is 2.46. The van der Waals surface area contributed by atoms with Crippen LogP contribution < -0.4 is 14.5 Å². The van der Waals surface area contributed by atoms with Gasteiger partial charge in [0, 0.05) is 54.8 Å². The average molecular weight is 682 g/mol. The van der Waals surface area contributed by atoms with Crippen LogP contribution in [0, 0.1) is 17.8 Å². The first-order valence-corrected chi connectivity index (χ1v) is 16.2. The van der Waals surface area contributed by atoms with Crippen molar-refractivity contribution in [1.29, 1.82) is 0 Å².